The van der Waals surface area contributed by atoms with Crippen molar-refractivity contribution < 1.29 is 19.0 Å². The van der Waals surface area contributed by atoms with E-state index in [1.54, 1.807) is 6.07 Å². The molecule has 1 saturated heterocycles. The number of carboxylic acids is 1. The van der Waals surface area contributed by atoms with Crippen LogP contribution in [0.1, 0.15) is 25.8 Å². The fraction of sp³-hybridized carbons (Fsp3) is 0.476. The SMILES string of the molecule is CCSC1=C(C(=O)O)C(C)=CC(N(C)C2CCOC2)N1Cc1cccc(F)c1. The molecule has 3 rings (SSSR count). The summed E-state index contributed by atoms with van der Waals surface area (Å²) in [6.45, 7) is 5.70. The predicted molar refractivity (Wildman–Crippen MR) is 109 cm³/mol. The number of aliphatic carboxylic acids is 1. The molecule has 2 unspecified atom stereocenters. The summed E-state index contributed by atoms with van der Waals surface area (Å²) in [6.07, 6.45) is 2.83. The van der Waals surface area contributed by atoms with Crippen LogP contribution in [0.3, 0.4) is 0 Å². The third-order valence-electron chi connectivity index (χ3n) is 5.22. The Morgan fingerprint density at radius 1 is 1.46 bits per heavy atom. The number of rotatable bonds is 7. The van der Waals surface area contributed by atoms with Crippen molar-refractivity contribution in [2.75, 3.05) is 26.0 Å². The lowest BCUT2D eigenvalue weighted by atomic mass is 10.0. The van der Waals surface area contributed by atoms with Gasteiger partial charge in [-0.1, -0.05) is 19.1 Å². The quantitative estimate of drug-likeness (QED) is 0.746. The average molecular weight is 407 g/mol. The summed E-state index contributed by atoms with van der Waals surface area (Å²) in [5.41, 5.74) is 1.90. The maximum Gasteiger partial charge on any atom is 0.338 e. The van der Waals surface area contributed by atoms with E-state index in [9.17, 15) is 14.3 Å². The van der Waals surface area contributed by atoms with E-state index in [-0.39, 0.29) is 18.0 Å². The Balaban J connectivity index is 2.02. The molecule has 0 aliphatic carbocycles. The molecule has 2 heterocycles. The van der Waals surface area contributed by atoms with Gasteiger partial charge in [-0.3, -0.25) is 4.90 Å². The number of thioether (sulfide) groups is 1. The molecule has 1 aromatic rings. The minimum atomic E-state index is -0.931. The fourth-order valence-electron chi connectivity index (χ4n) is 3.78. The summed E-state index contributed by atoms with van der Waals surface area (Å²) in [6, 6.07) is 6.76. The number of halogens is 1. The van der Waals surface area contributed by atoms with Crippen LogP contribution in [0.5, 0.6) is 0 Å². The van der Waals surface area contributed by atoms with Gasteiger partial charge in [0, 0.05) is 19.2 Å². The topological polar surface area (TPSA) is 53.0 Å². The molecular formula is C21H27FN2O3S. The zero-order chi connectivity index (χ0) is 20.3. The van der Waals surface area contributed by atoms with E-state index in [2.05, 4.69) is 9.80 Å². The van der Waals surface area contributed by atoms with Crippen LogP contribution in [-0.4, -0.2) is 59.1 Å². The smallest absolute Gasteiger partial charge is 0.338 e. The van der Waals surface area contributed by atoms with Crippen LogP contribution in [0.4, 0.5) is 4.39 Å². The van der Waals surface area contributed by atoms with E-state index < -0.39 is 5.97 Å². The van der Waals surface area contributed by atoms with E-state index in [4.69, 9.17) is 4.74 Å². The van der Waals surface area contributed by atoms with Gasteiger partial charge in [0.25, 0.3) is 0 Å². The van der Waals surface area contributed by atoms with E-state index in [0.717, 1.165) is 34.9 Å². The van der Waals surface area contributed by atoms with Gasteiger partial charge in [-0.2, -0.15) is 0 Å². The van der Waals surface area contributed by atoms with Gasteiger partial charge in [0.1, 0.15) is 12.0 Å². The van der Waals surface area contributed by atoms with Gasteiger partial charge in [-0.25, -0.2) is 9.18 Å². The maximum absolute atomic E-state index is 13.8. The van der Waals surface area contributed by atoms with Crippen molar-refractivity contribution >= 4 is 17.7 Å². The Hall–Kier alpha value is -1.83. The lowest BCUT2D eigenvalue weighted by molar-refractivity contribution is -0.132. The van der Waals surface area contributed by atoms with E-state index in [1.165, 1.54) is 23.9 Å². The van der Waals surface area contributed by atoms with Crippen LogP contribution in [0.25, 0.3) is 0 Å². The lowest BCUT2D eigenvalue weighted by Gasteiger charge is -2.44. The summed E-state index contributed by atoms with van der Waals surface area (Å²) in [4.78, 5) is 16.3. The number of hydrogen-bond acceptors (Lipinski definition) is 5. The number of hydrogen-bond donors (Lipinski definition) is 1. The number of likely N-dealkylation sites (N-methyl/N-ethyl adjacent to an activating group) is 1. The van der Waals surface area contributed by atoms with Crippen molar-refractivity contribution in [3.63, 3.8) is 0 Å². The number of benzene rings is 1. The molecule has 152 valence electrons. The minimum Gasteiger partial charge on any atom is -0.478 e. The highest BCUT2D eigenvalue weighted by molar-refractivity contribution is 8.03. The molecular weight excluding hydrogens is 379 g/mol. The zero-order valence-electron chi connectivity index (χ0n) is 16.5. The van der Waals surface area contributed by atoms with Crippen molar-refractivity contribution in [3.05, 3.63) is 57.9 Å². The number of carboxylic acid groups (broad SMARTS) is 1. The molecule has 0 radical (unpaired) electrons. The molecule has 28 heavy (non-hydrogen) atoms. The van der Waals surface area contributed by atoms with Gasteiger partial charge in [-0.15, -0.1) is 11.8 Å². The summed E-state index contributed by atoms with van der Waals surface area (Å²) in [5, 5.41) is 10.6. The maximum atomic E-state index is 13.8. The molecule has 0 amide bonds. The van der Waals surface area contributed by atoms with Gasteiger partial charge >= 0.3 is 5.97 Å². The largest absolute Gasteiger partial charge is 0.478 e. The molecule has 0 saturated carbocycles. The number of carbonyl (C=O) groups is 1. The minimum absolute atomic E-state index is 0.118. The summed E-state index contributed by atoms with van der Waals surface area (Å²) >= 11 is 1.52. The molecule has 7 heteroatoms. The Labute approximate surface area is 169 Å². The Morgan fingerprint density at radius 3 is 2.86 bits per heavy atom. The van der Waals surface area contributed by atoms with Gasteiger partial charge in [0.2, 0.25) is 0 Å². The van der Waals surface area contributed by atoms with Crippen molar-refractivity contribution in [1.29, 1.82) is 0 Å². The van der Waals surface area contributed by atoms with Gasteiger partial charge in [0.05, 0.1) is 17.2 Å². The molecule has 1 N–H and O–H groups in total. The molecule has 2 aliphatic rings. The first-order chi connectivity index (χ1) is 13.4. The number of nitrogens with zero attached hydrogens (tertiary/aromatic N) is 2. The Kier molecular flexibility index (Phi) is 6.80. The van der Waals surface area contributed by atoms with E-state index in [1.807, 2.05) is 33.0 Å². The summed E-state index contributed by atoms with van der Waals surface area (Å²) < 4.78 is 19.3. The average Bonchev–Trinajstić information content (AvgIpc) is 3.17. The summed E-state index contributed by atoms with van der Waals surface area (Å²) in [5.74, 6) is -0.469. The highest BCUT2D eigenvalue weighted by Gasteiger charge is 2.36. The monoisotopic (exact) mass is 406 g/mol. The first kappa shape index (κ1) is 20.9. The van der Waals surface area contributed by atoms with Crippen LogP contribution in [-0.2, 0) is 16.1 Å². The Bertz CT molecular complexity index is 790. The molecule has 5 nitrogen and oxygen atoms in total. The standard InChI is InChI=1S/C21H27FN2O3S/c1-4-28-20-19(21(25)26)14(2)10-18(23(3)17-8-9-27-13-17)24(20)12-15-6-5-7-16(22)11-15/h5-7,10-11,17-18H,4,8-9,12-13H2,1-3H3,(H,25,26). The second-order valence-corrected chi connectivity index (χ2v) is 8.38. The molecule has 2 atom stereocenters. The van der Waals surface area contributed by atoms with Gasteiger partial charge in [-0.05, 0) is 55.5 Å². The third-order valence-corrected chi connectivity index (χ3v) is 6.22. The molecule has 1 fully saturated rings. The molecule has 0 spiro atoms. The van der Waals surface area contributed by atoms with Crippen LogP contribution in [0.2, 0.25) is 0 Å². The van der Waals surface area contributed by atoms with Crippen molar-refractivity contribution in [2.45, 2.75) is 39.0 Å². The van der Waals surface area contributed by atoms with Crippen LogP contribution >= 0.6 is 11.8 Å². The van der Waals surface area contributed by atoms with E-state index in [0.29, 0.717) is 18.7 Å². The molecule has 0 aromatic heterocycles. The normalized spacial score (nSPS) is 22.8. The van der Waals surface area contributed by atoms with Crippen molar-refractivity contribution in [3.8, 4) is 0 Å². The fourth-order valence-corrected chi connectivity index (χ4v) is 4.78. The van der Waals surface area contributed by atoms with E-state index >= 15 is 0 Å². The van der Waals surface area contributed by atoms with Crippen molar-refractivity contribution in [2.24, 2.45) is 0 Å². The first-order valence-electron chi connectivity index (χ1n) is 9.52. The van der Waals surface area contributed by atoms with Gasteiger partial charge < -0.3 is 14.7 Å². The molecule has 1 aromatic carbocycles. The highest BCUT2D eigenvalue weighted by Crippen LogP contribution is 2.37. The van der Waals surface area contributed by atoms with Crippen molar-refractivity contribution in [1.82, 2.24) is 9.80 Å². The predicted octanol–water partition coefficient (Wildman–Crippen LogP) is 3.68. The number of ether oxygens (including phenoxy) is 1. The third kappa shape index (κ3) is 4.42. The molecule has 2 aliphatic heterocycles. The van der Waals surface area contributed by atoms with Crippen LogP contribution in [0, 0.1) is 5.82 Å². The Morgan fingerprint density at radius 2 is 2.25 bits per heavy atom. The highest BCUT2D eigenvalue weighted by atomic mass is 32.2. The second-order valence-electron chi connectivity index (χ2n) is 7.12. The van der Waals surface area contributed by atoms with Gasteiger partial charge in [0.15, 0.2) is 0 Å². The molecule has 0 bridgehead atoms. The van der Waals surface area contributed by atoms with Crippen LogP contribution in [0.15, 0.2) is 46.5 Å². The summed E-state index contributed by atoms with van der Waals surface area (Å²) in [7, 11) is 2.05. The van der Waals surface area contributed by atoms with Crippen LogP contribution < -0.4 is 0 Å². The zero-order valence-corrected chi connectivity index (χ0v) is 17.3. The second kappa shape index (κ2) is 9.11. The lowest BCUT2D eigenvalue weighted by Crippen LogP contribution is -2.50. The first-order valence-corrected chi connectivity index (χ1v) is 10.5.